The minimum atomic E-state index is -0.282. The molecule has 2 aromatic carbocycles. The largest absolute Gasteiger partial charge is 0.346 e. The number of rotatable bonds is 5. The van der Waals surface area contributed by atoms with Crippen LogP contribution >= 0.6 is 0 Å². The van der Waals surface area contributed by atoms with Gasteiger partial charge in [0.25, 0.3) is 5.91 Å². The molecule has 2 rings (SSSR count). The van der Waals surface area contributed by atoms with Gasteiger partial charge in [-0.3, -0.25) is 9.59 Å². The van der Waals surface area contributed by atoms with Crippen molar-refractivity contribution in [3.8, 4) is 0 Å². The third-order valence-corrected chi connectivity index (χ3v) is 3.25. The summed E-state index contributed by atoms with van der Waals surface area (Å²) in [6, 6.07) is 16.4. The van der Waals surface area contributed by atoms with E-state index in [9.17, 15) is 9.59 Å². The zero-order valence-corrected chi connectivity index (χ0v) is 12.4. The maximum absolute atomic E-state index is 12.2. The molecule has 4 heteroatoms. The number of hydrogen-bond donors (Lipinski definition) is 2. The monoisotopic (exact) mass is 294 g/mol. The number of nitrogens with one attached hydrogen (secondary N) is 2. The molecule has 2 amide bonds. The van der Waals surface area contributed by atoms with E-state index in [1.165, 1.54) is 6.08 Å². The molecular formula is C18H18N2O2. The van der Waals surface area contributed by atoms with E-state index >= 15 is 0 Å². The van der Waals surface area contributed by atoms with Crippen molar-refractivity contribution in [1.82, 2.24) is 5.32 Å². The second-order valence-electron chi connectivity index (χ2n) is 4.88. The number of carbonyl (C=O) groups excluding carboxylic acids is 2. The summed E-state index contributed by atoms with van der Waals surface area (Å²) in [5.74, 6) is -0.437. The van der Waals surface area contributed by atoms with Gasteiger partial charge in [-0.05, 0) is 42.8 Å². The predicted molar refractivity (Wildman–Crippen MR) is 87.6 cm³/mol. The Labute approximate surface area is 129 Å². The highest BCUT2D eigenvalue weighted by molar-refractivity contribution is 5.99. The average molecular weight is 294 g/mol. The van der Waals surface area contributed by atoms with Crippen LogP contribution in [0.4, 0.5) is 5.69 Å². The van der Waals surface area contributed by atoms with Crippen molar-refractivity contribution in [3.63, 3.8) is 0 Å². The topological polar surface area (TPSA) is 58.2 Å². The first-order valence-electron chi connectivity index (χ1n) is 6.99. The van der Waals surface area contributed by atoms with Crippen LogP contribution in [0.1, 0.15) is 28.9 Å². The van der Waals surface area contributed by atoms with E-state index in [1.807, 2.05) is 37.3 Å². The number of carbonyl (C=O) groups is 2. The molecule has 0 saturated carbocycles. The molecule has 0 aliphatic carbocycles. The molecule has 2 N–H and O–H groups in total. The van der Waals surface area contributed by atoms with E-state index in [-0.39, 0.29) is 17.9 Å². The Bertz CT molecular complexity index is 663. The Morgan fingerprint density at radius 2 is 1.68 bits per heavy atom. The van der Waals surface area contributed by atoms with Crippen molar-refractivity contribution < 1.29 is 9.59 Å². The zero-order valence-electron chi connectivity index (χ0n) is 12.4. The summed E-state index contributed by atoms with van der Waals surface area (Å²) in [6.45, 7) is 5.32. The average Bonchev–Trinajstić information content (AvgIpc) is 2.56. The molecule has 0 aliphatic rings. The molecule has 0 spiro atoms. The molecular weight excluding hydrogens is 276 g/mol. The molecule has 0 saturated heterocycles. The third-order valence-electron chi connectivity index (χ3n) is 3.25. The van der Waals surface area contributed by atoms with Crippen LogP contribution in [0.15, 0.2) is 67.3 Å². The van der Waals surface area contributed by atoms with Gasteiger partial charge < -0.3 is 10.6 Å². The van der Waals surface area contributed by atoms with Crippen LogP contribution in [0.5, 0.6) is 0 Å². The summed E-state index contributed by atoms with van der Waals surface area (Å²) in [7, 11) is 0. The lowest BCUT2D eigenvalue weighted by atomic mass is 10.1. The second kappa shape index (κ2) is 7.22. The molecule has 0 heterocycles. The van der Waals surface area contributed by atoms with Gasteiger partial charge in [-0.15, -0.1) is 0 Å². The van der Waals surface area contributed by atoms with Gasteiger partial charge in [-0.2, -0.15) is 0 Å². The van der Waals surface area contributed by atoms with Gasteiger partial charge in [0, 0.05) is 11.3 Å². The molecule has 22 heavy (non-hydrogen) atoms. The Morgan fingerprint density at radius 3 is 2.27 bits per heavy atom. The molecule has 4 nitrogen and oxygen atoms in total. The van der Waals surface area contributed by atoms with Gasteiger partial charge in [0.05, 0.1) is 6.04 Å². The van der Waals surface area contributed by atoms with E-state index in [1.54, 1.807) is 24.3 Å². The highest BCUT2D eigenvalue weighted by Gasteiger charge is 2.11. The fraction of sp³-hybridized carbons (Fsp3) is 0.111. The summed E-state index contributed by atoms with van der Waals surface area (Å²) in [4.78, 5) is 23.4. The SMILES string of the molecule is C=CC(=O)Nc1ccc(C(=O)N[C@@H](C)c2ccccc2)cc1. The molecule has 112 valence electrons. The van der Waals surface area contributed by atoms with Gasteiger partial charge in [0.15, 0.2) is 0 Å². The highest BCUT2D eigenvalue weighted by atomic mass is 16.2. The van der Waals surface area contributed by atoms with Crippen LogP contribution in [0.25, 0.3) is 0 Å². The van der Waals surface area contributed by atoms with E-state index in [0.29, 0.717) is 11.3 Å². The van der Waals surface area contributed by atoms with E-state index in [4.69, 9.17) is 0 Å². The lowest BCUT2D eigenvalue weighted by Crippen LogP contribution is -2.26. The van der Waals surface area contributed by atoms with Crippen LogP contribution in [0.3, 0.4) is 0 Å². The summed E-state index contributed by atoms with van der Waals surface area (Å²) < 4.78 is 0. The first-order valence-corrected chi connectivity index (χ1v) is 6.99. The zero-order chi connectivity index (χ0) is 15.9. The molecule has 2 aromatic rings. The first kappa shape index (κ1) is 15.5. The number of hydrogen-bond acceptors (Lipinski definition) is 2. The van der Waals surface area contributed by atoms with Crippen molar-refractivity contribution in [1.29, 1.82) is 0 Å². The van der Waals surface area contributed by atoms with Crippen LogP contribution in [-0.4, -0.2) is 11.8 Å². The molecule has 1 atom stereocenters. The maximum atomic E-state index is 12.2. The first-order chi connectivity index (χ1) is 10.6. The van der Waals surface area contributed by atoms with E-state index in [0.717, 1.165) is 5.56 Å². The fourth-order valence-electron chi connectivity index (χ4n) is 2.00. The van der Waals surface area contributed by atoms with Crippen molar-refractivity contribution in [3.05, 3.63) is 78.4 Å². The van der Waals surface area contributed by atoms with Crippen molar-refractivity contribution in [2.75, 3.05) is 5.32 Å². The summed E-state index contributed by atoms with van der Waals surface area (Å²) in [5.41, 5.74) is 2.21. The standard InChI is InChI=1S/C18H18N2O2/c1-3-17(21)20-16-11-9-15(10-12-16)18(22)19-13(2)14-7-5-4-6-8-14/h3-13H,1H2,2H3,(H,19,22)(H,20,21)/t13-/m0/s1. The van der Waals surface area contributed by atoms with E-state index in [2.05, 4.69) is 17.2 Å². The van der Waals surface area contributed by atoms with Crippen molar-refractivity contribution in [2.45, 2.75) is 13.0 Å². The minimum absolute atomic E-state index is 0.0751. The van der Waals surface area contributed by atoms with Crippen LogP contribution in [-0.2, 0) is 4.79 Å². The Kier molecular flexibility index (Phi) is 5.09. The summed E-state index contributed by atoms with van der Waals surface area (Å²) in [5, 5.41) is 5.58. The normalized spacial score (nSPS) is 11.3. The number of amides is 2. The highest BCUT2D eigenvalue weighted by Crippen LogP contribution is 2.14. The van der Waals surface area contributed by atoms with Crippen molar-refractivity contribution >= 4 is 17.5 Å². The summed E-state index contributed by atoms with van der Waals surface area (Å²) >= 11 is 0. The number of anilines is 1. The molecule has 0 bridgehead atoms. The molecule has 0 fully saturated rings. The Morgan fingerprint density at radius 1 is 1.05 bits per heavy atom. The minimum Gasteiger partial charge on any atom is -0.346 e. The molecule has 0 aliphatic heterocycles. The maximum Gasteiger partial charge on any atom is 0.251 e. The second-order valence-corrected chi connectivity index (χ2v) is 4.88. The van der Waals surface area contributed by atoms with Gasteiger partial charge in [-0.1, -0.05) is 36.9 Å². The van der Waals surface area contributed by atoms with Gasteiger partial charge >= 0.3 is 0 Å². The van der Waals surface area contributed by atoms with Crippen LogP contribution in [0.2, 0.25) is 0 Å². The smallest absolute Gasteiger partial charge is 0.251 e. The number of benzene rings is 2. The summed E-state index contributed by atoms with van der Waals surface area (Å²) in [6.07, 6.45) is 1.20. The predicted octanol–water partition coefficient (Wildman–Crippen LogP) is 3.30. The van der Waals surface area contributed by atoms with Gasteiger partial charge in [-0.25, -0.2) is 0 Å². The van der Waals surface area contributed by atoms with Crippen LogP contribution < -0.4 is 10.6 Å². The third kappa shape index (κ3) is 4.06. The lowest BCUT2D eigenvalue weighted by Gasteiger charge is -2.14. The molecule has 0 unspecified atom stereocenters. The lowest BCUT2D eigenvalue weighted by molar-refractivity contribution is -0.111. The van der Waals surface area contributed by atoms with E-state index < -0.39 is 0 Å². The van der Waals surface area contributed by atoms with Crippen LogP contribution in [0, 0.1) is 0 Å². The molecule has 0 radical (unpaired) electrons. The van der Waals surface area contributed by atoms with Gasteiger partial charge in [0.2, 0.25) is 5.91 Å². The Balaban J connectivity index is 2.01. The van der Waals surface area contributed by atoms with Gasteiger partial charge in [0.1, 0.15) is 0 Å². The quantitative estimate of drug-likeness (QED) is 0.831. The fourth-order valence-corrected chi connectivity index (χ4v) is 2.00. The molecule has 0 aromatic heterocycles. The Hall–Kier alpha value is -2.88. The van der Waals surface area contributed by atoms with Crippen molar-refractivity contribution in [2.24, 2.45) is 0 Å².